The second-order valence-corrected chi connectivity index (χ2v) is 7.77. The van der Waals surface area contributed by atoms with Crippen molar-refractivity contribution in [1.29, 1.82) is 0 Å². The van der Waals surface area contributed by atoms with Gasteiger partial charge in [-0.05, 0) is 30.2 Å². The van der Waals surface area contributed by atoms with Crippen molar-refractivity contribution in [2.75, 3.05) is 17.2 Å². The number of hydrogen-bond donors (Lipinski definition) is 2. The molecule has 12 nitrogen and oxygen atoms in total. The number of carbonyl (C=O) groups is 3. The highest BCUT2D eigenvalue weighted by Gasteiger charge is 2.43. The molecule has 190 valence electrons. The standard InChI is InChI=1S/C21H19F3N6O6/c1-10(2)9-35-20(34)36-17(32)11-3-5-13(6-4-11)30(18(33)21(22,23)24)8-12-7-26-15-14(27-12)16(31)29-19(25)28-15/h3-7,10H,8-9H2,1-2H3,(H3,25,26,28,29,31). The van der Waals surface area contributed by atoms with E-state index in [0.717, 1.165) is 30.5 Å². The van der Waals surface area contributed by atoms with Gasteiger partial charge >= 0.3 is 24.2 Å². The Balaban J connectivity index is 1.86. The number of nitrogens with two attached hydrogens (primary N) is 1. The maximum atomic E-state index is 13.3. The van der Waals surface area contributed by atoms with E-state index in [9.17, 15) is 32.3 Å². The molecule has 0 atom stereocenters. The predicted molar refractivity (Wildman–Crippen MR) is 118 cm³/mol. The van der Waals surface area contributed by atoms with Crippen LogP contribution in [0.5, 0.6) is 0 Å². The van der Waals surface area contributed by atoms with E-state index in [-0.39, 0.29) is 46.6 Å². The van der Waals surface area contributed by atoms with Crippen LogP contribution in [0, 0.1) is 5.92 Å². The third-order valence-electron chi connectivity index (χ3n) is 4.42. The summed E-state index contributed by atoms with van der Waals surface area (Å²) in [7, 11) is 0. The largest absolute Gasteiger partial charge is 0.516 e. The summed E-state index contributed by atoms with van der Waals surface area (Å²) in [6, 6.07) is 4.22. The first-order valence-corrected chi connectivity index (χ1v) is 10.2. The molecule has 0 aliphatic carbocycles. The molecule has 0 bridgehead atoms. The zero-order valence-electron chi connectivity index (χ0n) is 18.8. The molecule has 3 aromatic rings. The minimum Gasteiger partial charge on any atom is -0.434 e. The number of fused-ring (bicyclic) bond motifs is 1. The normalized spacial score (nSPS) is 11.4. The average Bonchev–Trinajstić information content (AvgIpc) is 2.80. The van der Waals surface area contributed by atoms with Gasteiger partial charge in [-0.2, -0.15) is 18.2 Å². The van der Waals surface area contributed by atoms with Gasteiger partial charge < -0.3 is 15.2 Å². The van der Waals surface area contributed by atoms with Gasteiger partial charge in [-0.3, -0.25) is 19.5 Å². The Kier molecular flexibility index (Phi) is 7.50. The number of esters is 1. The van der Waals surface area contributed by atoms with Gasteiger partial charge in [0, 0.05) is 5.69 Å². The SMILES string of the molecule is CC(C)COC(=O)OC(=O)c1ccc(N(Cc2cnc3nc(N)[nH]c(=O)c3n2)C(=O)C(F)(F)F)cc1. The van der Waals surface area contributed by atoms with Crippen LogP contribution in [-0.2, 0) is 20.8 Å². The van der Waals surface area contributed by atoms with Crippen molar-refractivity contribution in [1.82, 2.24) is 19.9 Å². The Hall–Kier alpha value is -4.56. The van der Waals surface area contributed by atoms with Crippen molar-refractivity contribution in [2.45, 2.75) is 26.6 Å². The third kappa shape index (κ3) is 6.31. The number of amides is 1. The molecule has 2 heterocycles. The summed E-state index contributed by atoms with van der Waals surface area (Å²) >= 11 is 0. The highest BCUT2D eigenvalue weighted by molar-refractivity contribution is 5.99. The van der Waals surface area contributed by atoms with Crippen molar-refractivity contribution in [3.63, 3.8) is 0 Å². The molecular weight excluding hydrogens is 489 g/mol. The van der Waals surface area contributed by atoms with Gasteiger partial charge in [0.25, 0.3) is 5.56 Å². The number of H-pyrrole nitrogens is 1. The number of nitrogens with zero attached hydrogens (tertiary/aromatic N) is 4. The van der Waals surface area contributed by atoms with Gasteiger partial charge in [-0.25, -0.2) is 19.6 Å². The van der Waals surface area contributed by atoms with E-state index in [2.05, 4.69) is 24.7 Å². The van der Waals surface area contributed by atoms with E-state index in [1.807, 2.05) is 0 Å². The van der Waals surface area contributed by atoms with Crippen molar-refractivity contribution in [2.24, 2.45) is 5.92 Å². The molecule has 3 rings (SSSR count). The number of alkyl halides is 3. The molecule has 2 aromatic heterocycles. The summed E-state index contributed by atoms with van der Waals surface area (Å²) in [6.45, 7) is 2.84. The number of anilines is 2. The lowest BCUT2D eigenvalue weighted by Gasteiger charge is -2.23. The molecule has 0 radical (unpaired) electrons. The molecule has 0 spiro atoms. The van der Waals surface area contributed by atoms with Crippen LogP contribution < -0.4 is 16.2 Å². The number of ether oxygens (including phenoxy) is 2. The number of carbonyl (C=O) groups excluding carboxylic acids is 3. The number of hydrogen-bond acceptors (Lipinski definition) is 10. The first kappa shape index (κ1) is 26.1. The van der Waals surface area contributed by atoms with E-state index in [1.165, 1.54) is 0 Å². The predicted octanol–water partition coefficient (Wildman–Crippen LogP) is 2.34. The highest BCUT2D eigenvalue weighted by atomic mass is 19.4. The summed E-state index contributed by atoms with van der Waals surface area (Å²) in [5, 5.41) is 0. The zero-order valence-corrected chi connectivity index (χ0v) is 18.8. The Morgan fingerprint density at radius 2 is 1.81 bits per heavy atom. The molecule has 15 heteroatoms. The number of halogens is 3. The van der Waals surface area contributed by atoms with E-state index < -0.39 is 36.3 Å². The quantitative estimate of drug-likeness (QED) is 0.372. The summed E-state index contributed by atoms with van der Waals surface area (Å²) in [6.07, 6.45) is -5.44. The van der Waals surface area contributed by atoms with Gasteiger partial charge in [0.1, 0.15) is 0 Å². The minimum absolute atomic E-state index is 0.00383. The van der Waals surface area contributed by atoms with Crippen LogP contribution in [0.2, 0.25) is 0 Å². The molecule has 0 saturated carbocycles. The maximum absolute atomic E-state index is 13.3. The average molecular weight is 508 g/mol. The number of nitrogen functional groups attached to an aromatic ring is 1. The Labute approximate surface area is 200 Å². The molecule has 1 aromatic carbocycles. The van der Waals surface area contributed by atoms with Crippen molar-refractivity contribution in [3.8, 4) is 0 Å². The van der Waals surface area contributed by atoms with E-state index in [1.54, 1.807) is 13.8 Å². The van der Waals surface area contributed by atoms with Crippen LogP contribution in [0.15, 0.2) is 35.3 Å². The second kappa shape index (κ2) is 10.4. The van der Waals surface area contributed by atoms with E-state index >= 15 is 0 Å². The molecule has 0 saturated heterocycles. The molecule has 3 N–H and O–H groups in total. The van der Waals surface area contributed by atoms with Crippen LogP contribution in [0.25, 0.3) is 11.2 Å². The number of aromatic amines is 1. The van der Waals surface area contributed by atoms with Crippen LogP contribution in [-0.4, -0.2) is 50.8 Å². The second-order valence-electron chi connectivity index (χ2n) is 7.77. The molecular formula is C21H19F3N6O6. The van der Waals surface area contributed by atoms with Gasteiger partial charge in [0.05, 0.1) is 30.6 Å². The highest BCUT2D eigenvalue weighted by Crippen LogP contribution is 2.26. The van der Waals surface area contributed by atoms with Gasteiger partial charge in [-0.15, -0.1) is 0 Å². The zero-order chi connectivity index (χ0) is 26.6. The van der Waals surface area contributed by atoms with Crippen molar-refractivity contribution >= 4 is 40.8 Å². The smallest absolute Gasteiger partial charge is 0.434 e. The molecule has 0 aliphatic heterocycles. The fourth-order valence-electron chi connectivity index (χ4n) is 2.82. The third-order valence-corrected chi connectivity index (χ3v) is 4.42. The van der Waals surface area contributed by atoms with Crippen LogP contribution in [0.4, 0.5) is 29.6 Å². The fraction of sp³-hybridized carbons (Fsp3) is 0.286. The number of nitrogens with one attached hydrogen (secondary N) is 1. The summed E-state index contributed by atoms with van der Waals surface area (Å²) < 4.78 is 49.1. The molecule has 36 heavy (non-hydrogen) atoms. The fourth-order valence-corrected chi connectivity index (χ4v) is 2.82. The molecule has 0 fully saturated rings. The first-order valence-electron chi connectivity index (χ1n) is 10.2. The monoisotopic (exact) mass is 508 g/mol. The van der Waals surface area contributed by atoms with Crippen molar-refractivity contribution in [3.05, 3.63) is 52.1 Å². The minimum atomic E-state index is -5.25. The van der Waals surface area contributed by atoms with E-state index in [4.69, 9.17) is 10.5 Å². The van der Waals surface area contributed by atoms with Crippen LogP contribution in [0.3, 0.4) is 0 Å². The Morgan fingerprint density at radius 3 is 2.42 bits per heavy atom. The lowest BCUT2D eigenvalue weighted by Crippen LogP contribution is -2.41. The first-order chi connectivity index (χ1) is 16.8. The van der Waals surface area contributed by atoms with Gasteiger partial charge in [-0.1, -0.05) is 13.8 Å². The number of benzene rings is 1. The Morgan fingerprint density at radius 1 is 1.14 bits per heavy atom. The molecule has 1 amide bonds. The number of rotatable bonds is 6. The van der Waals surface area contributed by atoms with Crippen LogP contribution >= 0.6 is 0 Å². The lowest BCUT2D eigenvalue weighted by atomic mass is 10.2. The van der Waals surface area contributed by atoms with Gasteiger partial charge in [0.15, 0.2) is 11.2 Å². The van der Waals surface area contributed by atoms with Crippen molar-refractivity contribution < 1.29 is 37.0 Å². The Bertz CT molecular complexity index is 1360. The lowest BCUT2D eigenvalue weighted by molar-refractivity contribution is -0.170. The molecule has 0 aliphatic rings. The van der Waals surface area contributed by atoms with Gasteiger partial charge in [0.2, 0.25) is 5.95 Å². The topological polar surface area (TPSA) is 170 Å². The maximum Gasteiger partial charge on any atom is 0.516 e. The molecule has 0 unspecified atom stereocenters. The summed E-state index contributed by atoms with van der Waals surface area (Å²) in [4.78, 5) is 61.9. The summed E-state index contributed by atoms with van der Waals surface area (Å²) in [5.74, 6) is -3.56. The van der Waals surface area contributed by atoms with Crippen LogP contribution in [0.1, 0.15) is 29.9 Å². The summed E-state index contributed by atoms with van der Waals surface area (Å²) in [5.41, 5.74) is 3.63. The number of aromatic nitrogens is 4. The van der Waals surface area contributed by atoms with E-state index in [0.29, 0.717) is 4.90 Å².